The van der Waals surface area contributed by atoms with E-state index in [0.29, 0.717) is 44.2 Å². The molecule has 134 valence electrons. The summed E-state index contributed by atoms with van der Waals surface area (Å²) in [5, 5.41) is 0.241. The van der Waals surface area contributed by atoms with Crippen molar-refractivity contribution in [3.63, 3.8) is 0 Å². The lowest BCUT2D eigenvalue weighted by molar-refractivity contribution is 0.0796. The summed E-state index contributed by atoms with van der Waals surface area (Å²) in [5.74, 6) is 1.73. The van der Waals surface area contributed by atoms with Gasteiger partial charge in [0.1, 0.15) is 0 Å². The van der Waals surface area contributed by atoms with Crippen molar-refractivity contribution in [1.29, 1.82) is 0 Å². The van der Waals surface area contributed by atoms with E-state index < -0.39 is 0 Å². The maximum absolute atomic E-state index is 6.23. The van der Waals surface area contributed by atoms with Crippen molar-refractivity contribution in [2.45, 2.75) is 39.3 Å². The summed E-state index contributed by atoms with van der Waals surface area (Å²) in [4.78, 5) is 17.9. The molecule has 1 aromatic heterocycles. The van der Waals surface area contributed by atoms with E-state index in [4.69, 9.17) is 26.1 Å². The third-order valence-corrected chi connectivity index (χ3v) is 4.90. The van der Waals surface area contributed by atoms with Crippen molar-refractivity contribution in [2.75, 3.05) is 49.3 Å². The van der Waals surface area contributed by atoms with Gasteiger partial charge >= 0.3 is 0 Å². The van der Waals surface area contributed by atoms with Gasteiger partial charge in [-0.2, -0.15) is 15.0 Å². The highest BCUT2D eigenvalue weighted by Gasteiger charge is 2.30. The number of rotatable bonds is 4. The van der Waals surface area contributed by atoms with Gasteiger partial charge in [0.2, 0.25) is 17.2 Å². The van der Waals surface area contributed by atoms with Crippen molar-refractivity contribution < 1.29 is 9.47 Å². The molecule has 0 amide bonds. The molecule has 0 radical (unpaired) electrons. The van der Waals surface area contributed by atoms with Crippen LogP contribution in [-0.2, 0) is 9.47 Å². The van der Waals surface area contributed by atoms with E-state index in [1.165, 1.54) is 0 Å². The molecule has 3 rings (SSSR count). The molecule has 0 unspecified atom stereocenters. The zero-order chi connectivity index (χ0) is 17.1. The van der Waals surface area contributed by atoms with E-state index in [-0.39, 0.29) is 17.4 Å². The van der Waals surface area contributed by atoms with Crippen molar-refractivity contribution in [1.82, 2.24) is 15.0 Å². The minimum Gasteiger partial charge on any atom is -0.377 e. The maximum atomic E-state index is 6.23. The minimum absolute atomic E-state index is 0.241. The Bertz CT molecular complexity index is 559. The fourth-order valence-corrected chi connectivity index (χ4v) is 3.42. The molecule has 0 aliphatic carbocycles. The lowest BCUT2D eigenvalue weighted by Gasteiger charge is -2.39. The van der Waals surface area contributed by atoms with Crippen LogP contribution in [0.5, 0.6) is 0 Å². The van der Waals surface area contributed by atoms with Gasteiger partial charge in [-0.3, -0.25) is 0 Å². The first-order chi connectivity index (χ1) is 11.6. The monoisotopic (exact) mass is 355 g/mol. The van der Waals surface area contributed by atoms with E-state index in [1.807, 2.05) is 0 Å². The van der Waals surface area contributed by atoms with Crippen LogP contribution in [-0.4, -0.2) is 66.6 Å². The number of morpholine rings is 2. The number of aromatic nitrogens is 3. The van der Waals surface area contributed by atoms with E-state index in [2.05, 4.69) is 40.5 Å². The normalized spacial score (nSPS) is 25.4. The molecule has 0 aromatic carbocycles. The molecule has 0 N–H and O–H groups in total. The lowest BCUT2D eigenvalue weighted by atomic mass is 10.0. The summed E-state index contributed by atoms with van der Waals surface area (Å²) in [7, 11) is 0. The topological polar surface area (TPSA) is 63.6 Å². The highest BCUT2D eigenvalue weighted by atomic mass is 35.5. The fourth-order valence-electron chi connectivity index (χ4n) is 3.27. The largest absolute Gasteiger partial charge is 0.377 e. The number of halogens is 1. The van der Waals surface area contributed by atoms with Crippen molar-refractivity contribution >= 4 is 23.5 Å². The molecule has 0 saturated carbocycles. The molecule has 2 saturated heterocycles. The number of hydrogen-bond donors (Lipinski definition) is 0. The molecule has 8 heteroatoms. The molecule has 7 nitrogen and oxygen atoms in total. The quantitative estimate of drug-likeness (QED) is 0.818. The van der Waals surface area contributed by atoms with Crippen molar-refractivity contribution in [2.24, 2.45) is 5.92 Å². The first-order valence-corrected chi connectivity index (χ1v) is 9.08. The Balaban J connectivity index is 1.90. The van der Waals surface area contributed by atoms with Crippen LogP contribution >= 0.6 is 11.6 Å². The molecular formula is C16H26ClN5O2. The average molecular weight is 356 g/mol. The van der Waals surface area contributed by atoms with E-state index in [0.717, 1.165) is 19.5 Å². The summed E-state index contributed by atoms with van der Waals surface area (Å²) in [5.41, 5.74) is 0. The van der Waals surface area contributed by atoms with E-state index in [1.54, 1.807) is 0 Å². The summed E-state index contributed by atoms with van der Waals surface area (Å²) in [6.07, 6.45) is 0.977. The van der Waals surface area contributed by atoms with Crippen LogP contribution < -0.4 is 9.80 Å². The minimum atomic E-state index is 0.241. The standard InChI is InChI=1S/C16H26ClN5O2/c1-4-12-9-23-7-5-21(12)15-18-14(17)19-16(20-15)22-6-8-24-10-13(22)11(2)3/h11-13H,4-10H2,1-3H3/t12-,13+/m1/s1. The second-order valence-corrected chi connectivity index (χ2v) is 6.95. The van der Waals surface area contributed by atoms with Crippen LogP contribution in [0.2, 0.25) is 5.28 Å². The highest BCUT2D eigenvalue weighted by molar-refractivity contribution is 6.28. The van der Waals surface area contributed by atoms with Gasteiger partial charge in [-0.1, -0.05) is 20.8 Å². The Morgan fingerprint density at radius 1 is 1.04 bits per heavy atom. The van der Waals surface area contributed by atoms with Crippen LogP contribution in [0, 0.1) is 5.92 Å². The Kier molecular flexibility index (Phi) is 5.73. The van der Waals surface area contributed by atoms with Gasteiger partial charge < -0.3 is 19.3 Å². The Morgan fingerprint density at radius 2 is 1.67 bits per heavy atom. The van der Waals surface area contributed by atoms with Crippen LogP contribution in [0.4, 0.5) is 11.9 Å². The summed E-state index contributed by atoms with van der Waals surface area (Å²) >= 11 is 6.23. The smallest absolute Gasteiger partial charge is 0.231 e. The molecule has 24 heavy (non-hydrogen) atoms. The van der Waals surface area contributed by atoms with Gasteiger partial charge in [0.05, 0.1) is 38.5 Å². The van der Waals surface area contributed by atoms with Gasteiger partial charge in [0.25, 0.3) is 0 Å². The van der Waals surface area contributed by atoms with Crippen LogP contribution in [0.1, 0.15) is 27.2 Å². The first kappa shape index (κ1) is 17.6. The Labute approximate surface area is 148 Å². The third-order valence-electron chi connectivity index (χ3n) is 4.73. The van der Waals surface area contributed by atoms with Gasteiger partial charge in [-0.05, 0) is 23.9 Å². The molecule has 0 spiro atoms. The summed E-state index contributed by atoms with van der Waals surface area (Å²) in [6, 6.07) is 0.521. The third kappa shape index (κ3) is 3.73. The molecule has 2 aliphatic rings. The predicted octanol–water partition coefficient (Wildman–Crippen LogP) is 2.00. The average Bonchev–Trinajstić information content (AvgIpc) is 2.61. The second-order valence-electron chi connectivity index (χ2n) is 6.61. The molecule has 0 bridgehead atoms. The zero-order valence-corrected chi connectivity index (χ0v) is 15.4. The number of ether oxygens (including phenoxy) is 2. The first-order valence-electron chi connectivity index (χ1n) is 8.70. The van der Waals surface area contributed by atoms with Gasteiger partial charge in [0, 0.05) is 13.1 Å². The summed E-state index contributed by atoms with van der Waals surface area (Å²) < 4.78 is 11.2. The molecular weight excluding hydrogens is 330 g/mol. The summed E-state index contributed by atoms with van der Waals surface area (Å²) in [6.45, 7) is 10.8. The molecule has 3 heterocycles. The molecule has 2 aliphatic heterocycles. The number of nitrogens with zero attached hydrogens (tertiary/aromatic N) is 5. The van der Waals surface area contributed by atoms with Crippen LogP contribution in [0.25, 0.3) is 0 Å². The highest BCUT2D eigenvalue weighted by Crippen LogP contribution is 2.25. The maximum Gasteiger partial charge on any atom is 0.231 e. The van der Waals surface area contributed by atoms with E-state index >= 15 is 0 Å². The van der Waals surface area contributed by atoms with Gasteiger partial charge in [-0.15, -0.1) is 0 Å². The lowest BCUT2D eigenvalue weighted by Crippen LogP contribution is -2.50. The number of anilines is 2. The molecule has 1 aromatic rings. The molecule has 2 atom stereocenters. The van der Waals surface area contributed by atoms with E-state index in [9.17, 15) is 0 Å². The van der Waals surface area contributed by atoms with Gasteiger partial charge in [-0.25, -0.2) is 0 Å². The van der Waals surface area contributed by atoms with Crippen LogP contribution in [0.15, 0.2) is 0 Å². The van der Waals surface area contributed by atoms with Crippen LogP contribution in [0.3, 0.4) is 0 Å². The predicted molar refractivity (Wildman–Crippen MR) is 93.9 cm³/mol. The fraction of sp³-hybridized carbons (Fsp3) is 0.812. The number of hydrogen-bond acceptors (Lipinski definition) is 7. The Morgan fingerprint density at radius 3 is 2.33 bits per heavy atom. The van der Waals surface area contributed by atoms with Crippen molar-refractivity contribution in [3.05, 3.63) is 5.28 Å². The van der Waals surface area contributed by atoms with Gasteiger partial charge in [0.15, 0.2) is 0 Å². The van der Waals surface area contributed by atoms with Crippen molar-refractivity contribution in [3.8, 4) is 0 Å². The molecule has 2 fully saturated rings. The zero-order valence-electron chi connectivity index (χ0n) is 14.6. The SMILES string of the molecule is CC[C@@H]1COCCN1c1nc(Cl)nc(N2CCOC[C@H]2C(C)C)n1. The Hall–Kier alpha value is -1.18. The second kappa shape index (κ2) is 7.80.